The molecular weight excluding hydrogens is 454 g/mol. The van der Waals surface area contributed by atoms with Crippen molar-refractivity contribution in [3.05, 3.63) is 82.0 Å². The van der Waals surface area contributed by atoms with Gasteiger partial charge in [-0.1, -0.05) is 30.3 Å². The number of carbonyl (C=O) groups is 1. The van der Waals surface area contributed by atoms with Crippen molar-refractivity contribution in [1.82, 2.24) is 9.88 Å². The second-order valence-corrected chi connectivity index (χ2v) is 10.3. The number of benzene rings is 2. The van der Waals surface area contributed by atoms with Crippen molar-refractivity contribution in [2.45, 2.75) is 25.2 Å². The number of likely N-dealkylation sites (tertiary alicyclic amines) is 1. The van der Waals surface area contributed by atoms with Gasteiger partial charge in [0.2, 0.25) is 5.91 Å². The maximum atomic E-state index is 13.2. The summed E-state index contributed by atoms with van der Waals surface area (Å²) in [5.74, 6) is 1.66. The molecule has 0 atom stereocenters. The fourth-order valence-electron chi connectivity index (χ4n) is 5.18. The molecule has 176 valence electrons. The van der Waals surface area contributed by atoms with Gasteiger partial charge in [0.1, 0.15) is 11.7 Å². The van der Waals surface area contributed by atoms with Crippen LogP contribution in [-0.4, -0.2) is 41.8 Å². The summed E-state index contributed by atoms with van der Waals surface area (Å²) < 4.78 is 0. The number of thiophene rings is 1. The molecule has 0 saturated carbocycles. The van der Waals surface area contributed by atoms with Crippen molar-refractivity contribution in [3.8, 4) is 0 Å². The van der Waals surface area contributed by atoms with E-state index < -0.39 is 0 Å². The largest absolute Gasteiger partial charge is 0.383 e. The van der Waals surface area contributed by atoms with E-state index in [1.807, 2.05) is 64.9 Å². The highest BCUT2D eigenvalue weighted by Crippen LogP contribution is 2.43. The van der Waals surface area contributed by atoms with E-state index in [2.05, 4.69) is 18.0 Å². The highest BCUT2D eigenvalue weighted by atomic mass is 32.1. The van der Waals surface area contributed by atoms with Crippen molar-refractivity contribution in [3.63, 3.8) is 0 Å². The number of hydrogen-bond donors (Lipinski definition) is 1. The fourth-order valence-corrected chi connectivity index (χ4v) is 5.81. The molecular formula is C28H27N5OS. The summed E-state index contributed by atoms with van der Waals surface area (Å²) in [4.78, 5) is 28.3. The molecule has 4 heterocycles. The molecule has 2 aromatic carbocycles. The van der Waals surface area contributed by atoms with Crippen LogP contribution in [0.3, 0.4) is 0 Å². The predicted octanol–water partition coefficient (Wildman–Crippen LogP) is 5.36. The first-order chi connectivity index (χ1) is 17.1. The van der Waals surface area contributed by atoms with Gasteiger partial charge in [-0.05, 0) is 85.7 Å². The molecule has 0 aliphatic carbocycles. The Balaban J connectivity index is 1.53. The van der Waals surface area contributed by atoms with Gasteiger partial charge in [-0.3, -0.25) is 9.69 Å². The number of hydrogen-bond acceptors (Lipinski definition) is 5. The van der Waals surface area contributed by atoms with Crippen LogP contribution < -0.4 is 10.6 Å². The van der Waals surface area contributed by atoms with E-state index in [1.54, 1.807) is 11.3 Å². The molecule has 1 saturated heterocycles. The third kappa shape index (κ3) is 4.00. The maximum Gasteiger partial charge on any atom is 0.237 e. The number of amidine groups is 1. The number of anilines is 2. The Morgan fingerprint density at radius 3 is 2.71 bits per heavy atom. The molecule has 2 aliphatic heterocycles. The van der Waals surface area contributed by atoms with Crippen LogP contribution in [0.25, 0.3) is 10.9 Å². The Morgan fingerprint density at radius 2 is 1.91 bits per heavy atom. The van der Waals surface area contributed by atoms with Crippen LogP contribution in [0.4, 0.5) is 17.2 Å². The number of piperidine rings is 1. The first-order valence-corrected chi connectivity index (χ1v) is 12.9. The Morgan fingerprint density at radius 1 is 1.09 bits per heavy atom. The van der Waals surface area contributed by atoms with E-state index in [0.29, 0.717) is 18.2 Å². The van der Waals surface area contributed by atoms with Crippen LogP contribution >= 0.6 is 11.3 Å². The molecule has 6 rings (SSSR count). The van der Waals surface area contributed by atoms with Crippen molar-refractivity contribution < 1.29 is 4.79 Å². The molecule has 0 unspecified atom stereocenters. The van der Waals surface area contributed by atoms with Gasteiger partial charge in [0, 0.05) is 5.39 Å². The van der Waals surface area contributed by atoms with Crippen LogP contribution in [0.2, 0.25) is 0 Å². The summed E-state index contributed by atoms with van der Waals surface area (Å²) in [5, 5.41) is 2.96. The Kier molecular flexibility index (Phi) is 5.59. The third-order valence-corrected chi connectivity index (χ3v) is 7.95. The summed E-state index contributed by atoms with van der Waals surface area (Å²) in [6.45, 7) is 2.05. The highest BCUT2D eigenvalue weighted by molar-refractivity contribution is 7.12. The lowest BCUT2D eigenvalue weighted by Crippen LogP contribution is -2.31. The quantitative estimate of drug-likeness (QED) is 0.314. The number of nitrogens with two attached hydrogens (primary N) is 1. The lowest BCUT2D eigenvalue weighted by molar-refractivity contribution is -0.116. The van der Waals surface area contributed by atoms with E-state index in [-0.39, 0.29) is 5.91 Å². The van der Waals surface area contributed by atoms with Crippen LogP contribution in [0.1, 0.15) is 34.8 Å². The zero-order chi connectivity index (χ0) is 23.9. The highest BCUT2D eigenvalue weighted by Gasteiger charge is 2.33. The zero-order valence-electron chi connectivity index (χ0n) is 19.6. The minimum atomic E-state index is 0.0725. The van der Waals surface area contributed by atoms with E-state index in [9.17, 15) is 4.79 Å². The SMILES string of the molecule is CN1CCC(c2cc3c(N=C(N)c4cccs4)cccc3nc2N2C(=O)Cc3ccccc32)CC1. The lowest BCUT2D eigenvalue weighted by atomic mass is 9.88. The fraction of sp³-hybridized carbons (Fsp3) is 0.250. The van der Waals surface area contributed by atoms with Crippen molar-refractivity contribution in [1.29, 1.82) is 0 Å². The van der Waals surface area contributed by atoms with Gasteiger partial charge in [-0.2, -0.15) is 0 Å². The van der Waals surface area contributed by atoms with Gasteiger partial charge < -0.3 is 10.6 Å². The summed E-state index contributed by atoms with van der Waals surface area (Å²) in [7, 11) is 2.16. The number of aromatic nitrogens is 1. The van der Waals surface area contributed by atoms with Crippen molar-refractivity contribution in [2.24, 2.45) is 10.7 Å². The number of nitrogens with zero attached hydrogens (tertiary/aromatic N) is 4. The normalized spacial score (nSPS) is 17.3. The summed E-state index contributed by atoms with van der Waals surface area (Å²) >= 11 is 1.57. The van der Waals surface area contributed by atoms with Crippen molar-refractivity contribution in [2.75, 3.05) is 25.0 Å². The minimum absolute atomic E-state index is 0.0725. The van der Waals surface area contributed by atoms with Crippen LogP contribution in [-0.2, 0) is 11.2 Å². The first-order valence-electron chi connectivity index (χ1n) is 12.0. The molecule has 4 aromatic rings. The molecule has 1 amide bonds. The minimum Gasteiger partial charge on any atom is -0.383 e. The molecule has 1 fully saturated rings. The zero-order valence-corrected chi connectivity index (χ0v) is 20.5. The topological polar surface area (TPSA) is 74.8 Å². The number of aliphatic imine (C=N–C) groups is 1. The molecule has 0 radical (unpaired) electrons. The van der Waals surface area contributed by atoms with E-state index in [1.165, 1.54) is 0 Å². The van der Waals surface area contributed by atoms with Gasteiger partial charge in [0.25, 0.3) is 0 Å². The predicted molar refractivity (Wildman–Crippen MR) is 143 cm³/mol. The average molecular weight is 482 g/mol. The van der Waals surface area contributed by atoms with Crippen LogP contribution in [0.15, 0.2) is 71.0 Å². The molecule has 0 spiro atoms. The standard InChI is InChI=1S/C28H27N5OS/c1-32-13-11-18(12-14-32)20-17-21-22(30-27(29)25-10-5-15-35-25)7-4-8-23(21)31-28(20)33-24-9-3-2-6-19(24)16-26(33)34/h2-10,15,17-18H,11-14,16H2,1H3,(H2,29,30). The average Bonchev–Trinajstić information content (AvgIpc) is 3.52. The maximum absolute atomic E-state index is 13.2. The molecule has 35 heavy (non-hydrogen) atoms. The van der Waals surface area contributed by atoms with Gasteiger partial charge in [0.05, 0.1) is 28.2 Å². The van der Waals surface area contributed by atoms with Crippen LogP contribution in [0.5, 0.6) is 0 Å². The second kappa shape index (κ2) is 8.91. The van der Waals surface area contributed by atoms with Gasteiger partial charge in [0.15, 0.2) is 0 Å². The Bertz CT molecular complexity index is 1440. The number of pyridine rings is 1. The summed E-state index contributed by atoms with van der Waals surface area (Å²) in [5.41, 5.74) is 11.1. The lowest BCUT2D eigenvalue weighted by Gasteiger charge is -2.31. The number of carbonyl (C=O) groups excluding carboxylic acids is 1. The summed E-state index contributed by atoms with van der Waals surface area (Å²) in [6, 6.07) is 20.1. The second-order valence-electron chi connectivity index (χ2n) is 9.33. The van der Waals surface area contributed by atoms with Gasteiger partial charge >= 0.3 is 0 Å². The Hall–Kier alpha value is -3.55. The van der Waals surface area contributed by atoms with Gasteiger partial charge in [-0.25, -0.2) is 9.98 Å². The monoisotopic (exact) mass is 481 g/mol. The molecule has 7 heteroatoms. The number of fused-ring (bicyclic) bond motifs is 2. The first kappa shape index (κ1) is 21.9. The van der Waals surface area contributed by atoms with Gasteiger partial charge in [-0.15, -0.1) is 11.3 Å². The molecule has 2 aliphatic rings. The third-order valence-electron chi connectivity index (χ3n) is 7.05. The number of rotatable bonds is 4. The number of para-hydroxylation sites is 1. The Labute approximate surface area is 208 Å². The van der Waals surface area contributed by atoms with E-state index in [0.717, 1.165) is 70.0 Å². The molecule has 2 aromatic heterocycles. The number of amides is 1. The molecule has 0 bridgehead atoms. The molecule has 2 N–H and O–H groups in total. The van der Waals surface area contributed by atoms with E-state index >= 15 is 0 Å². The van der Waals surface area contributed by atoms with Crippen molar-refractivity contribution >= 4 is 51.2 Å². The van der Waals surface area contributed by atoms with Crippen LogP contribution in [0, 0.1) is 0 Å². The van der Waals surface area contributed by atoms with E-state index in [4.69, 9.17) is 15.7 Å². The smallest absolute Gasteiger partial charge is 0.237 e. The summed E-state index contributed by atoms with van der Waals surface area (Å²) in [6.07, 6.45) is 2.47. The molecule has 6 nitrogen and oxygen atoms in total.